The number of ether oxygens (including phenoxy) is 1. The summed E-state index contributed by atoms with van der Waals surface area (Å²) in [5, 5.41) is 3.36. The van der Waals surface area contributed by atoms with Gasteiger partial charge in [-0.3, -0.25) is 4.79 Å². The van der Waals surface area contributed by atoms with E-state index in [4.69, 9.17) is 4.74 Å². The van der Waals surface area contributed by atoms with Crippen LogP contribution >= 0.6 is 0 Å². The molecule has 1 saturated carbocycles. The van der Waals surface area contributed by atoms with E-state index in [9.17, 15) is 4.79 Å². The van der Waals surface area contributed by atoms with Gasteiger partial charge in [0.1, 0.15) is 11.6 Å². The van der Waals surface area contributed by atoms with Crippen molar-refractivity contribution in [3.63, 3.8) is 0 Å². The Morgan fingerprint density at radius 3 is 2.33 bits per heavy atom. The Morgan fingerprint density at radius 2 is 1.89 bits per heavy atom. The molecule has 3 nitrogen and oxygen atoms in total. The Bertz CT molecular complexity index is 275. The fourth-order valence-corrected chi connectivity index (χ4v) is 2.62. The average molecular weight is 255 g/mol. The van der Waals surface area contributed by atoms with Crippen LogP contribution in [-0.4, -0.2) is 24.2 Å². The highest BCUT2D eigenvalue weighted by Gasteiger charge is 2.33. The van der Waals surface area contributed by atoms with Crippen molar-refractivity contribution < 1.29 is 9.53 Å². The number of hydrogen-bond acceptors (Lipinski definition) is 3. The third-order valence-electron chi connectivity index (χ3n) is 3.96. The van der Waals surface area contributed by atoms with Crippen molar-refractivity contribution in [2.75, 3.05) is 6.54 Å². The molecule has 0 aliphatic heterocycles. The van der Waals surface area contributed by atoms with Crippen LogP contribution in [0.1, 0.15) is 66.7 Å². The van der Waals surface area contributed by atoms with E-state index < -0.39 is 5.60 Å². The molecule has 1 N–H and O–H groups in total. The minimum Gasteiger partial charge on any atom is -0.459 e. The van der Waals surface area contributed by atoms with Crippen molar-refractivity contribution in [2.45, 2.75) is 78.4 Å². The van der Waals surface area contributed by atoms with Crippen LogP contribution in [0, 0.1) is 5.41 Å². The Labute approximate surface area is 112 Å². The van der Waals surface area contributed by atoms with E-state index in [0.29, 0.717) is 5.41 Å². The maximum atomic E-state index is 11.9. The molecule has 0 aromatic carbocycles. The fourth-order valence-electron chi connectivity index (χ4n) is 2.62. The topological polar surface area (TPSA) is 38.3 Å². The van der Waals surface area contributed by atoms with E-state index in [1.165, 1.54) is 32.1 Å². The summed E-state index contributed by atoms with van der Waals surface area (Å²) in [5.41, 5.74) is 0.0130. The van der Waals surface area contributed by atoms with Gasteiger partial charge in [-0.2, -0.15) is 0 Å². The van der Waals surface area contributed by atoms with Gasteiger partial charge < -0.3 is 10.1 Å². The standard InChI is InChI=1S/C15H29NO2/c1-6-15(9-7-8-10-15)11-16-12(2)13(17)18-14(3,4)5/h12,16H,6-11H2,1-5H3. The number of hydrogen-bond donors (Lipinski definition) is 1. The van der Waals surface area contributed by atoms with Gasteiger partial charge in [-0.15, -0.1) is 0 Å². The zero-order valence-corrected chi connectivity index (χ0v) is 12.6. The zero-order chi connectivity index (χ0) is 13.8. The molecule has 0 amide bonds. The molecule has 1 fully saturated rings. The third-order valence-corrected chi connectivity index (χ3v) is 3.96. The monoisotopic (exact) mass is 255 g/mol. The molecule has 0 spiro atoms. The number of carbonyl (C=O) groups is 1. The Kier molecular flexibility index (Phi) is 5.20. The Hall–Kier alpha value is -0.570. The maximum absolute atomic E-state index is 11.9. The summed E-state index contributed by atoms with van der Waals surface area (Å²) < 4.78 is 5.38. The first-order chi connectivity index (χ1) is 8.28. The van der Waals surface area contributed by atoms with Gasteiger partial charge in [-0.1, -0.05) is 19.8 Å². The molecule has 0 radical (unpaired) electrons. The van der Waals surface area contributed by atoms with E-state index in [0.717, 1.165) is 6.54 Å². The summed E-state index contributed by atoms with van der Waals surface area (Å²) in [6.07, 6.45) is 6.43. The zero-order valence-electron chi connectivity index (χ0n) is 12.6. The molecule has 1 atom stereocenters. The summed E-state index contributed by atoms with van der Waals surface area (Å²) in [4.78, 5) is 11.9. The van der Waals surface area contributed by atoms with Crippen molar-refractivity contribution in [1.29, 1.82) is 0 Å². The summed E-state index contributed by atoms with van der Waals surface area (Å²) in [7, 11) is 0. The van der Waals surface area contributed by atoms with Crippen molar-refractivity contribution in [1.82, 2.24) is 5.32 Å². The van der Waals surface area contributed by atoms with Crippen LogP contribution in [0.3, 0.4) is 0 Å². The molecule has 1 aliphatic carbocycles. The Balaban J connectivity index is 2.40. The largest absolute Gasteiger partial charge is 0.459 e. The first kappa shape index (κ1) is 15.5. The molecule has 1 aliphatic rings. The lowest BCUT2D eigenvalue weighted by molar-refractivity contribution is -0.157. The molecule has 3 heteroatoms. The van der Waals surface area contributed by atoms with Crippen LogP contribution in [0.5, 0.6) is 0 Å². The molecule has 1 rings (SSSR count). The third kappa shape index (κ3) is 4.60. The number of carbonyl (C=O) groups excluding carboxylic acids is 1. The quantitative estimate of drug-likeness (QED) is 0.766. The highest BCUT2D eigenvalue weighted by Crippen LogP contribution is 2.40. The van der Waals surface area contributed by atoms with Crippen LogP contribution in [0.25, 0.3) is 0 Å². The molecule has 0 saturated heterocycles. The second kappa shape index (κ2) is 6.05. The molecule has 0 bridgehead atoms. The number of esters is 1. The number of nitrogens with one attached hydrogen (secondary N) is 1. The molecule has 0 aromatic rings. The lowest BCUT2D eigenvalue weighted by Gasteiger charge is -2.30. The van der Waals surface area contributed by atoms with Crippen LogP contribution in [0.2, 0.25) is 0 Å². The van der Waals surface area contributed by atoms with Gasteiger partial charge in [0.05, 0.1) is 0 Å². The first-order valence-corrected chi connectivity index (χ1v) is 7.24. The van der Waals surface area contributed by atoms with Gasteiger partial charge in [0.2, 0.25) is 0 Å². The Morgan fingerprint density at radius 1 is 1.33 bits per heavy atom. The molecule has 0 aromatic heterocycles. The van der Waals surface area contributed by atoms with Gasteiger partial charge in [-0.05, 0) is 52.4 Å². The number of rotatable bonds is 5. The average Bonchev–Trinajstić information content (AvgIpc) is 2.73. The lowest BCUT2D eigenvalue weighted by atomic mass is 9.83. The van der Waals surface area contributed by atoms with Gasteiger partial charge in [-0.25, -0.2) is 0 Å². The molecule has 1 unspecified atom stereocenters. The van der Waals surface area contributed by atoms with Crippen molar-refractivity contribution in [2.24, 2.45) is 5.41 Å². The van der Waals surface area contributed by atoms with Gasteiger partial charge in [0, 0.05) is 6.54 Å². The summed E-state index contributed by atoms with van der Waals surface area (Å²) in [5.74, 6) is -0.147. The predicted octanol–water partition coefficient (Wildman–Crippen LogP) is 3.28. The van der Waals surface area contributed by atoms with Crippen molar-refractivity contribution >= 4 is 5.97 Å². The molecule has 18 heavy (non-hydrogen) atoms. The summed E-state index contributed by atoms with van der Waals surface area (Å²) >= 11 is 0. The van der Waals surface area contributed by atoms with Crippen LogP contribution in [0.4, 0.5) is 0 Å². The SMILES string of the molecule is CCC1(CNC(C)C(=O)OC(C)(C)C)CCCC1. The van der Waals surface area contributed by atoms with Crippen LogP contribution in [-0.2, 0) is 9.53 Å². The van der Waals surface area contributed by atoms with E-state index in [1.807, 2.05) is 27.7 Å². The van der Waals surface area contributed by atoms with Crippen molar-refractivity contribution in [3.8, 4) is 0 Å². The maximum Gasteiger partial charge on any atom is 0.323 e. The molecular formula is C15H29NO2. The van der Waals surface area contributed by atoms with E-state index >= 15 is 0 Å². The second-order valence-corrected chi connectivity index (χ2v) is 6.70. The fraction of sp³-hybridized carbons (Fsp3) is 0.933. The molecule has 106 valence electrons. The van der Waals surface area contributed by atoms with Gasteiger partial charge in [0.25, 0.3) is 0 Å². The smallest absolute Gasteiger partial charge is 0.323 e. The highest BCUT2D eigenvalue weighted by atomic mass is 16.6. The summed E-state index contributed by atoms with van der Waals surface area (Å²) in [6.45, 7) is 10.8. The minimum atomic E-state index is -0.400. The van der Waals surface area contributed by atoms with Gasteiger partial charge >= 0.3 is 5.97 Å². The van der Waals surface area contributed by atoms with Gasteiger partial charge in [0.15, 0.2) is 0 Å². The van der Waals surface area contributed by atoms with E-state index in [2.05, 4.69) is 12.2 Å². The van der Waals surface area contributed by atoms with Crippen LogP contribution < -0.4 is 5.32 Å². The van der Waals surface area contributed by atoms with Crippen LogP contribution in [0.15, 0.2) is 0 Å². The second-order valence-electron chi connectivity index (χ2n) is 6.70. The van der Waals surface area contributed by atoms with E-state index in [-0.39, 0.29) is 12.0 Å². The lowest BCUT2D eigenvalue weighted by Crippen LogP contribution is -2.43. The van der Waals surface area contributed by atoms with Crippen molar-refractivity contribution in [3.05, 3.63) is 0 Å². The highest BCUT2D eigenvalue weighted by molar-refractivity contribution is 5.75. The summed E-state index contributed by atoms with van der Waals surface area (Å²) in [6, 6.07) is -0.215. The molecular weight excluding hydrogens is 226 g/mol. The first-order valence-electron chi connectivity index (χ1n) is 7.24. The molecule has 0 heterocycles. The predicted molar refractivity (Wildman–Crippen MR) is 74.5 cm³/mol. The van der Waals surface area contributed by atoms with E-state index in [1.54, 1.807) is 0 Å². The minimum absolute atomic E-state index is 0.147. The normalized spacial score (nSPS) is 20.7.